The van der Waals surface area contributed by atoms with E-state index in [9.17, 15) is 5.26 Å². The van der Waals surface area contributed by atoms with Crippen LogP contribution in [0.3, 0.4) is 0 Å². The fourth-order valence-electron chi connectivity index (χ4n) is 2.69. The van der Waals surface area contributed by atoms with E-state index in [0.29, 0.717) is 22.5 Å². The Hall–Kier alpha value is -2.03. The first-order valence-electron chi connectivity index (χ1n) is 7.46. The first kappa shape index (κ1) is 14.9. The summed E-state index contributed by atoms with van der Waals surface area (Å²) in [5, 5.41) is 9.99. The molecule has 0 saturated carbocycles. The van der Waals surface area contributed by atoms with E-state index in [1.807, 2.05) is 12.1 Å². The van der Waals surface area contributed by atoms with Crippen molar-refractivity contribution in [2.75, 3.05) is 37.6 Å². The summed E-state index contributed by atoms with van der Waals surface area (Å²) in [6, 6.07) is 9.41. The Bertz CT molecular complexity index is 681. The van der Waals surface area contributed by atoms with Gasteiger partial charge >= 0.3 is 0 Å². The lowest BCUT2D eigenvalue weighted by Gasteiger charge is -2.31. The molecule has 1 N–H and O–H groups in total. The number of rotatable bonds is 3. The second-order valence-corrected chi connectivity index (χ2v) is 5.82. The maximum absolute atomic E-state index is 9.33. The summed E-state index contributed by atoms with van der Waals surface area (Å²) in [4.78, 5) is 8.01. The van der Waals surface area contributed by atoms with E-state index < -0.39 is 0 Å². The van der Waals surface area contributed by atoms with Crippen molar-refractivity contribution in [3.63, 3.8) is 0 Å². The zero-order valence-corrected chi connectivity index (χ0v) is 13.2. The number of halogens is 1. The average Bonchev–Trinajstić information content (AvgIpc) is 3.00. The number of nitrogens with one attached hydrogen (secondary N) is 1. The van der Waals surface area contributed by atoms with E-state index in [0.717, 1.165) is 38.3 Å². The molecule has 5 nitrogen and oxygen atoms in total. The first-order chi connectivity index (χ1) is 10.7. The van der Waals surface area contributed by atoms with Crippen LogP contribution >= 0.6 is 11.6 Å². The second-order valence-electron chi connectivity index (χ2n) is 5.38. The minimum atomic E-state index is 0.352. The first-order valence-corrected chi connectivity index (χ1v) is 7.84. The van der Waals surface area contributed by atoms with Gasteiger partial charge in [0.05, 0.1) is 32.7 Å². The van der Waals surface area contributed by atoms with Crippen molar-refractivity contribution in [1.29, 1.82) is 5.26 Å². The summed E-state index contributed by atoms with van der Waals surface area (Å²) in [5.41, 5.74) is 1.18. The van der Waals surface area contributed by atoms with Crippen molar-refractivity contribution in [3.05, 3.63) is 35.0 Å². The fourth-order valence-corrected chi connectivity index (χ4v) is 2.82. The van der Waals surface area contributed by atoms with E-state index in [2.05, 4.69) is 22.9 Å². The molecule has 0 radical (unpaired) electrons. The van der Waals surface area contributed by atoms with E-state index in [4.69, 9.17) is 16.0 Å². The number of nitriles is 1. The van der Waals surface area contributed by atoms with Gasteiger partial charge in [0.2, 0.25) is 17.5 Å². The number of benzene rings is 1. The summed E-state index contributed by atoms with van der Waals surface area (Å²) in [6.45, 7) is 7.20. The Morgan fingerprint density at radius 2 is 2.00 bits per heavy atom. The highest BCUT2D eigenvalue weighted by atomic mass is 35.5. The minimum Gasteiger partial charge on any atom is -0.419 e. The van der Waals surface area contributed by atoms with Crippen molar-refractivity contribution in [2.45, 2.75) is 6.92 Å². The summed E-state index contributed by atoms with van der Waals surface area (Å²) < 4.78 is 5.88. The van der Waals surface area contributed by atoms with Gasteiger partial charge in [0.15, 0.2) is 0 Å². The molecule has 0 spiro atoms. The molecule has 1 fully saturated rings. The second kappa shape index (κ2) is 6.39. The van der Waals surface area contributed by atoms with Crippen molar-refractivity contribution >= 4 is 17.5 Å². The molecule has 3 rings (SSSR count). The maximum atomic E-state index is 9.33. The molecule has 1 aliphatic rings. The number of piperazine rings is 1. The van der Waals surface area contributed by atoms with E-state index in [-0.39, 0.29) is 0 Å². The molecular weight excluding hydrogens is 300 g/mol. The third-order valence-electron chi connectivity index (χ3n) is 4.06. The lowest BCUT2D eigenvalue weighted by atomic mass is 10.2. The molecule has 114 valence electrons. The lowest BCUT2D eigenvalue weighted by Crippen LogP contribution is -3.14. The highest BCUT2D eigenvalue weighted by Gasteiger charge is 2.25. The van der Waals surface area contributed by atoms with E-state index >= 15 is 0 Å². The predicted molar refractivity (Wildman–Crippen MR) is 85.1 cm³/mol. The van der Waals surface area contributed by atoms with Gasteiger partial charge in [-0.1, -0.05) is 11.6 Å². The fraction of sp³-hybridized carbons (Fsp3) is 0.375. The lowest BCUT2D eigenvalue weighted by molar-refractivity contribution is -0.898. The van der Waals surface area contributed by atoms with Crippen molar-refractivity contribution in [1.82, 2.24) is 4.98 Å². The quantitative estimate of drug-likeness (QED) is 0.934. The molecule has 2 heterocycles. The summed E-state index contributed by atoms with van der Waals surface area (Å²) in [6.07, 6.45) is 0. The van der Waals surface area contributed by atoms with Crippen LogP contribution in [0.2, 0.25) is 5.02 Å². The van der Waals surface area contributed by atoms with Gasteiger partial charge < -0.3 is 14.2 Å². The Kier molecular flexibility index (Phi) is 4.32. The van der Waals surface area contributed by atoms with Gasteiger partial charge in [-0.05, 0) is 31.2 Å². The highest BCUT2D eigenvalue weighted by molar-refractivity contribution is 6.30. The molecule has 6 heteroatoms. The van der Waals surface area contributed by atoms with Crippen molar-refractivity contribution in [2.24, 2.45) is 0 Å². The standard InChI is InChI=1S/C16H17ClN4O/c1-2-20-7-9-21(10-8-20)16-14(11-18)19-15(22-16)12-3-5-13(17)6-4-12/h3-6H,2,7-10H2,1H3/p+1. The number of likely N-dealkylation sites (N-methyl/N-ethyl adjacent to an activating group) is 1. The number of oxazole rings is 1. The van der Waals surface area contributed by atoms with E-state index in [1.54, 1.807) is 17.0 Å². The molecule has 1 aromatic carbocycles. The van der Waals surface area contributed by atoms with Crippen molar-refractivity contribution < 1.29 is 9.32 Å². The zero-order chi connectivity index (χ0) is 15.5. The summed E-state index contributed by atoms with van der Waals surface area (Å²) in [5.74, 6) is 1.05. The molecule has 0 bridgehead atoms. The van der Waals surface area contributed by atoms with Gasteiger partial charge in [0.25, 0.3) is 0 Å². The topological polar surface area (TPSA) is 57.5 Å². The van der Waals surface area contributed by atoms with Gasteiger partial charge in [0, 0.05) is 10.6 Å². The van der Waals surface area contributed by atoms with Crippen LogP contribution in [0.5, 0.6) is 0 Å². The number of quaternary nitrogens is 1. The van der Waals surface area contributed by atoms with Gasteiger partial charge in [0.1, 0.15) is 6.07 Å². The number of aromatic nitrogens is 1. The van der Waals surface area contributed by atoms with Crippen LogP contribution in [0.25, 0.3) is 11.5 Å². The third kappa shape index (κ3) is 2.94. The molecule has 1 saturated heterocycles. The van der Waals surface area contributed by atoms with Crippen LogP contribution < -0.4 is 9.80 Å². The molecule has 0 aliphatic carbocycles. The maximum Gasteiger partial charge on any atom is 0.235 e. The monoisotopic (exact) mass is 317 g/mol. The summed E-state index contributed by atoms with van der Waals surface area (Å²) in [7, 11) is 0. The van der Waals surface area contributed by atoms with Crippen LogP contribution in [0.15, 0.2) is 28.7 Å². The molecule has 0 atom stereocenters. The Morgan fingerprint density at radius 3 is 2.59 bits per heavy atom. The van der Waals surface area contributed by atoms with Crippen LogP contribution in [0, 0.1) is 11.3 Å². The minimum absolute atomic E-state index is 0.352. The number of hydrogen-bond donors (Lipinski definition) is 1. The average molecular weight is 318 g/mol. The SMILES string of the molecule is CC[NH+]1CCN(c2oc(-c3ccc(Cl)cc3)nc2C#N)CC1. The van der Waals surface area contributed by atoms with E-state index in [1.165, 1.54) is 0 Å². The summed E-state index contributed by atoms with van der Waals surface area (Å²) >= 11 is 5.90. The molecule has 1 aromatic heterocycles. The normalized spacial score (nSPS) is 15.8. The Labute approximate surface area is 134 Å². The van der Waals surface area contributed by atoms with Gasteiger partial charge in [-0.25, -0.2) is 0 Å². The largest absolute Gasteiger partial charge is 0.419 e. The zero-order valence-electron chi connectivity index (χ0n) is 12.5. The highest BCUT2D eigenvalue weighted by Crippen LogP contribution is 2.28. The number of hydrogen-bond acceptors (Lipinski definition) is 4. The van der Waals surface area contributed by atoms with Crippen LogP contribution in [0.4, 0.5) is 5.88 Å². The molecule has 1 aliphatic heterocycles. The number of nitrogens with zero attached hydrogens (tertiary/aromatic N) is 3. The van der Waals surface area contributed by atoms with Crippen LogP contribution in [-0.2, 0) is 0 Å². The molecule has 22 heavy (non-hydrogen) atoms. The Morgan fingerprint density at radius 1 is 1.32 bits per heavy atom. The predicted octanol–water partition coefficient (Wildman–Crippen LogP) is 1.59. The third-order valence-corrected chi connectivity index (χ3v) is 4.32. The van der Waals surface area contributed by atoms with Gasteiger partial charge in [-0.15, -0.1) is 0 Å². The van der Waals surface area contributed by atoms with Crippen molar-refractivity contribution in [3.8, 4) is 17.5 Å². The Balaban J connectivity index is 1.86. The molecule has 2 aromatic rings. The smallest absolute Gasteiger partial charge is 0.235 e. The molecule has 0 unspecified atom stereocenters. The van der Waals surface area contributed by atoms with Gasteiger partial charge in [-0.2, -0.15) is 10.2 Å². The van der Waals surface area contributed by atoms with Crippen LogP contribution in [-0.4, -0.2) is 37.7 Å². The molecular formula is C16H18ClN4O+. The van der Waals surface area contributed by atoms with Crippen LogP contribution in [0.1, 0.15) is 12.6 Å². The molecule has 0 amide bonds. The number of anilines is 1. The van der Waals surface area contributed by atoms with Gasteiger partial charge in [-0.3, -0.25) is 0 Å².